The van der Waals surface area contributed by atoms with Gasteiger partial charge in [0.05, 0.1) is 18.3 Å². The SMILES string of the molecule is COCC(OC)C(=O)N(C)C1C=Cc2cc(-c3n[nH]c(C)c3CCC(C)(C)C)[nH]c2C1. The van der Waals surface area contributed by atoms with E-state index in [0.717, 1.165) is 47.6 Å². The van der Waals surface area contributed by atoms with Crippen molar-refractivity contribution in [1.82, 2.24) is 20.1 Å². The summed E-state index contributed by atoms with van der Waals surface area (Å²) < 4.78 is 10.4. The Labute approximate surface area is 185 Å². The van der Waals surface area contributed by atoms with Gasteiger partial charge in [-0.25, -0.2) is 0 Å². The molecule has 1 aliphatic rings. The summed E-state index contributed by atoms with van der Waals surface area (Å²) in [4.78, 5) is 18.1. The fraction of sp³-hybridized carbons (Fsp3) is 0.583. The second-order valence-corrected chi connectivity index (χ2v) is 9.61. The molecule has 0 saturated heterocycles. The first kappa shape index (κ1) is 23.3. The normalized spacial score (nSPS) is 16.9. The average Bonchev–Trinajstić information content (AvgIpc) is 3.31. The number of nitrogens with one attached hydrogen (secondary N) is 2. The largest absolute Gasteiger partial charge is 0.381 e. The highest BCUT2D eigenvalue weighted by Gasteiger charge is 2.29. The lowest BCUT2D eigenvalue weighted by Gasteiger charge is -2.30. The van der Waals surface area contributed by atoms with E-state index >= 15 is 0 Å². The maximum absolute atomic E-state index is 12.8. The Balaban J connectivity index is 1.78. The van der Waals surface area contributed by atoms with E-state index in [4.69, 9.17) is 9.47 Å². The Morgan fingerprint density at radius 3 is 2.74 bits per heavy atom. The molecule has 0 aromatic carbocycles. The number of fused-ring (bicyclic) bond motifs is 1. The summed E-state index contributed by atoms with van der Waals surface area (Å²) in [6.07, 6.45) is 6.36. The zero-order chi connectivity index (χ0) is 22.8. The van der Waals surface area contributed by atoms with Crippen LogP contribution in [-0.2, 0) is 27.1 Å². The van der Waals surface area contributed by atoms with E-state index in [1.807, 2.05) is 7.05 Å². The van der Waals surface area contributed by atoms with Crippen LogP contribution in [0.3, 0.4) is 0 Å². The van der Waals surface area contributed by atoms with Crippen molar-refractivity contribution in [2.75, 3.05) is 27.9 Å². The van der Waals surface area contributed by atoms with Gasteiger partial charge in [-0.15, -0.1) is 0 Å². The van der Waals surface area contributed by atoms with Crippen LogP contribution in [0.15, 0.2) is 12.1 Å². The second kappa shape index (κ2) is 9.40. The van der Waals surface area contributed by atoms with Gasteiger partial charge in [0.2, 0.25) is 0 Å². The van der Waals surface area contributed by atoms with Gasteiger partial charge in [0.1, 0.15) is 5.69 Å². The molecule has 0 spiro atoms. The number of H-pyrrole nitrogens is 2. The van der Waals surface area contributed by atoms with E-state index in [-0.39, 0.29) is 24.0 Å². The number of likely N-dealkylation sites (N-methyl/N-ethyl adjacent to an activating group) is 1. The number of carbonyl (C=O) groups is 1. The summed E-state index contributed by atoms with van der Waals surface area (Å²) in [6.45, 7) is 9.11. The maximum Gasteiger partial charge on any atom is 0.254 e. The van der Waals surface area contributed by atoms with Crippen LogP contribution in [0.5, 0.6) is 0 Å². The minimum atomic E-state index is -0.596. The van der Waals surface area contributed by atoms with Gasteiger partial charge in [-0.05, 0) is 36.8 Å². The van der Waals surface area contributed by atoms with Crippen LogP contribution in [0.25, 0.3) is 17.5 Å². The number of aromatic nitrogens is 3. The summed E-state index contributed by atoms with van der Waals surface area (Å²) in [7, 11) is 4.92. The molecular formula is C24H36N4O3. The van der Waals surface area contributed by atoms with Gasteiger partial charge in [-0.3, -0.25) is 9.89 Å². The van der Waals surface area contributed by atoms with E-state index in [2.05, 4.69) is 61.1 Å². The number of amides is 1. The van der Waals surface area contributed by atoms with Crippen LogP contribution in [0.1, 0.15) is 49.7 Å². The zero-order valence-electron chi connectivity index (χ0n) is 19.8. The fourth-order valence-electron chi connectivity index (χ4n) is 3.98. The molecule has 1 aliphatic carbocycles. The van der Waals surface area contributed by atoms with Crippen molar-refractivity contribution in [1.29, 1.82) is 0 Å². The summed E-state index contributed by atoms with van der Waals surface area (Å²) in [5, 5.41) is 7.75. The number of ether oxygens (including phenoxy) is 2. The number of aromatic amines is 2. The predicted octanol–water partition coefficient (Wildman–Crippen LogP) is 3.75. The van der Waals surface area contributed by atoms with Crippen LogP contribution in [0.4, 0.5) is 0 Å². The number of carbonyl (C=O) groups excluding carboxylic acids is 1. The molecule has 0 saturated carbocycles. The van der Waals surface area contributed by atoms with Gasteiger partial charge in [-0.2, -0.15) is 5.10 Å². The fourth-order valence-corrected chi connectivity index (χ4v) is 3.98. The monoisotopic (exact) mass is 428 g/mol. The van der Waals surface area contributed by atoms with Crippen molar-refractivity contribution in [3.05, 3.63) is 34.7 Å². The first-order chi connectivity index (χ1) is 14.6. The second-order valence-electron chi connectivity index (χ2n) is 9.61. The van der Waals surface area contributed by atoms with Crippen molar-refractivity contribution in [2.24, 2.45) is 5.41 Å². The predicted molar refractivity (Wildman–Crippen MR) is 123 cm³/mol. The van der Waals surface area contributed by atoms with Crippen molar-refractivity contribution in [3.63, 3.8) is 0 Å². The Morgan fingerprint density at radius 2 is 2.10 bits per heavy atom. The van der Waals surface area contributed by atoms with Crippen LogP contribution < -0.4 is 0 Å². The number of rotatable bonds is 8. The Hall–Kier alpha value is -2.38. The van der Waals surface area contributed by atoms with E-state index < -0.39 is 6.10 Å². The molecule has 2 atom stereocenters. The first-order valence-electron chi connectivity index (χ1n) is 10.9. The number of hydrogen-bond acceptors (Lipinski definition) is 4. The van der Waals surface area contributed by atoms with Crippen LogP contribution in [0.2, 0.25) is 0 Å². The lowest BCUT2D eigenvalue weighted by atomic mass is 9.88. The summed E-state index contributed by atoms with van der Waals surface area (Å²) in [5.41, 5.74) is 6.93. The van der Waals surface area contributed by atoms with Crippen LogP contribution >= 0.6 is 0 Å². The molecule has 31 heavy (non-hydrogen) atoms. The topological polar surface area (TPSA) is 83.2 Å². The molecule has 2 heterocycles. The van der Waals surface area contributed by atoms with Crippen LogP contribution in [0, 0.1) is 12.3 Å². The summed E-state index contributed by atoms with van der Waals surface area (Å²) in [5.74, 6) is -0.0818. The molecule has 3 rings (SSSR count). The number of aryl methyl sites for hydroxylation is 1. The highest BCUT2D eigenvalue weighted by molar-refractivity contribution is 5.82. The summed E-state index contributed by atoms with van der Waals surface area (Å²) in [6, 6.07) is 2.12. The van der Waals surface area contributed by atoms with Gasteiger partial charge in [-0.1, -0.05) is 32.9 Å². The highest BCUT2D eigenvalue weighted by atomic mass is 16.5. The number of nitrogens with zero attached hydrogens (tertiary/aromatic N) is 2. The Kier molecular flexibility index (Phi) is 7.06. The molecule has 170 valence electrons. The first-order valence-corrected chi connectivity index (χ1v) is 10.9. The van der Waals surface area contributed by atoms with Gasteiger partial charge >= 0.3 is 0 Å². The molecule has 7 heteroatoms. The molecule has 2 aromatic heterocycles. The quantitative estimate of drug-likeness (QED) is 0.671. The molecule has 0 fully saturated rings. The van der Waals surface area contributed by atoms with Crippen LogP contribution in [-0.4, -0.2) is 66.0 Å². The van der Waals surface area contributed by atoms with E-state index in [0.29, 0.717) is 0 Å². The summed E-state index contributed by atoms with van der Waals surface area (Å²) >= 11 is 0. The molecule has 0 bridgehead atoms. The van der Waals surface area contributed by atoms with E-state index in [1.54, 1.807) is 12.0 Å². The van der Waals surface area contributed by atoms with E-state index in [9.17, 15) is 4.79 Å². The third-order valence-corrected chi connectivity index (χ3v) is 6.02. The zero-order valence-corrected chi connectivity index (χ0v) is 19.8. The molecule has 0 aliphatic heterocycles. The number of methoxy groups -OCH3 is 2. The molecule has 2 unspecified atom stereocenters. The van der Waals surface area contributed by atoms with Gasteiger partial charge in [0, 0.05) is 44.6 Å². The van der Waals surface area contributed by atoms with E-state index in [1.165, 1.54) is 12.7 Å². The minimum Gasteiger partial charge on any atom is -0.381 e. The molecule has 2 aromatic rings. The van der Waals surface area contributed by atoms with Crippen molar-refractivity contribution >= 4 is 12.0 Å². The standard InChI is InChI=1S/C24H36N4O3/c1-15-18(10-11-24(2,3)4)22(27-26-15)20-12-16-8-9-17(13-19(16)25-20)28(5)23(29)21(31-7)14-30-6/h8-9,12,17,21,25H,10-11,13-14H2,1-7H3,(H,26,27). The highest BCUT2D eigenvalue weighted by Crippen LogP contribution is 2.32. The molecule has 0 radical (unpaired) electrons. The third-order valence-electron chi connectivity index (χ3n) is 6.02. The number of hydrogen-bond donors (Lipinski definition) is 2. The average molecular weight is 429 g/mol. The minimum absolute atomic E-state index is 0.0395. The molecule has 7 nitrogen and oxygen atoms in total. The Bertz CT molecular complexity index is 935. The lowest BCUT2D eigenvalue weighted by Crippen LogP contribution is -2.45. The van der Waals surface area contributed by atoms with Crippen molar-refractivity contribution in [2.45, 2.75) is 59.1 Å². The van der Waals surface area contributed by atoms with Crippen molar-refractivity contribution in [3.8, 4) is 11.4 Å². The smallest absolute Gasteiger partial charge is 0.254 e. The molecule has 1 amide bonds. The van der Waals surface area contributed by atoms with Gasteiger partial charge in [0.15, 0.2) is 6.10 Å². The van der Waals surface area contributed by atoms with Gasteiger partial charge in [0.25, 0.3) is 5.91 Å². The third kappa shape index (κ3) is 5.28. The Morgan fingerprint density at radius 1 is 1.35 bits per heavy atom. The van der Waals surface area contributed by atoms with Crippen molar-refractivity contribution < 1.29 is 14.3 Å². The van der Waals surface area contributed by atoms with Gasteiger partial charge < -0.3 is 19.4 Å². The molecular weight excluding hydrogens is 392 g/mol. The maximum atomic E-state index is 12.8. The molecule has 2 N–H and O–H groups in total. The lowest BCUT2D eigenvalue weighted by molar-refractivity contribution is -0.144.